The quantitative estimate of drug-likeness (QED) is 0.844. The Morgan fingerprint density at radius 2 is 1.95 bits per heavy atom. The number of ether oxygens (including phenoxy) is 2. The van der Waals surface area contributed by atoms with Crippen molar-refractivity contribution in [1.29, 1.82) is 0 Å². The van der Waals surface area contributed by atoms with Crippen molar-refractivity contribution in [2.75, 3.05) is 20.8 Å². The summed E-state index contributed by atoms with van der Waals surface area (Å²) in [5.74, 6) is 2.56. The molecular formula is C17H23NO3. The van der Waals surface area contributed by atoms with Gasteiger partial charge in [0.25, 0.3) is 0 Å². The van der Waals surface area contributed by atoms with Gasteiger partial charge in [-0.2, -0.15) is 0 Å². The maximum atomic E-state index is 5.52. The van der Waals surface area contributed by atoms with E-state index in [1.807, 2.05) is 31.2 Å². The molecule has 0 amide bonds. The molecule has 0 aliphatic rings. The van der Waals surface area contributed by atoms with Gasteiger partial charge in [-0.3, -0.25) is 0 Å². The number of hydrogen-bond donors (Lipinski definition) is 1. The Kier molecular flexibility index (Phi) is 5.28. The highest BCUT2D eigenvalue weighted by Gasteiger charge is 2.21. The highest BCUT2D eigenvalue weighted by Crippen LogP contribution is 2.34. The first kappa shape index (κ1) is 15.4. The van der Waals surface area contributed by atoms with Crippen LogP contribution in [-0.2, 0) is 0 Å². The Balaban J connectivity index is 2.47. The third-order valence-electron chi connectivity index (χ3n) is 3.56. The molecule has 4 heteroatoms. The van der Waals surface area contributed by atoms with Gasteiger partial charge in [-0.1, -0.05) is 6.92 Å². The van der Waals surface area contributed by atoms with Crippen LogP contribution in [0.3, 0.4) is 0 Å². The molecule has 1 N–H and O–H groups in total. The van der Waals surface area contributed by atoms with Crippen LogP contribution in [0.15, 0.2) is 34.9 Å². The Morgan fingerprint density at radius 3 is 2.52 bits per heavy atom. The van der Waals surface area contributed by atoms with E-state index >= 15 is 0 Å². The monoisotopic (exact) mass is 289 g/mol. The number of benzene rings is 1. The van der Waals surface area contributed by atoms with E-state index in [0.717, 1.165) is 41.4 Å². The molecule has 0 aliphatic carbocycles. The summed E-state index contributed by atoms with van der Waals surface area (Å²) in [6, 6.07) is 7.87. The van der Waals surface area contributed by atoms with Crippen LogP contribution in [0, 0.1) is 6.92 Å². The van der Waals surface area contributed by atoms with Gasteiger partial charge in [-0.25, -0.2) is 0 Å². The lowest BCUT2D eigenvalue weighted by Gasteiger charge is -2.21. The van der Waals surface area contributed by atoms with Crippen LogP contribution in [0.2, 0.25) is 0 Å². The van der Waals surface area contributed by atoms with Crippen molar-refractivity contribution < 1.29 is 13.9 Å². The molecule has 114 valence electrons. The second-order valence-corrected chi connectivity index (χ2v) is 4.93. The molecule has 0 radical (unpaired) electrons. The summed E-state index contributed by atoms with van der Waals surface area (Å²) < 4.78 is 16.3. The van der Waals surface area contributed by atoms with Gasteiger partial charge in [-0.05, 0) is 44.2 Å². The van der Waals surface area contributed by atoms with Gasteiger partial charge in [0.2, 0.25) is 0 Å². The van der Waals surface area contributed by atoms with Crippen molar-refractivity contribution >= 4 is 0 Å². The predicted molar refractivity (Wildman–Crippen MR) is 83.1 cm³/mol. The van der Waals surface area contributed by atoms with E-state index in [9.17, 15) is 0 Å². The fraction of sp³-hybridized carbons (Fsp3) is 0.412. The summed E-state index contributed by atoms with van der Waals surface area (Å²) in [5.41, 5.74) is 2.17. The number of hydrogen-bond acceptors (Lipinski definition) is 4. The van der Waals surface area contributed by atoms with Gasteiger partial charge in [0.15, 0.2) is 0 Å². The van der Waals surface area contributed by atoms with Crippen molar-refractivity contribution in [1.82, 2.24) is 5.32 Å². The van der Waals surface area contributed by atoms with Gasteiger partial charge in [0.05, 0.1) is 26.5 Å². The highest BCUT2D eigenvalue weighted by atomic mass is 16.5. The second-order valence-electron chi connectivity index (χ2n) is 4.93. The number of aryl methyl sites for hydroxylation is 1. The Labute approximate surface area is 126 Å². The minimum atomic E-state index is 0.0220. The molecule has 0 aliphatic heterocycles. The molecule has 0 bridgehead atoms. The molecule has 0 saturated heterocycles. The highest BCUT2D eigenvalue weighted by molar-refractivity contribution is 5.46. The van der Waals surface area contributed by atoms with E-state index < -0.39 is 0 Å². The normalized spacial score (nSPS) is 12.2. The van der Waals surface area contributed by atoms with Gasteiger partial charge in [0, 0.05) is 11.1 Å². The fourth-order valence-electron chi connectivity index (χ4n) is 2.44. The van der Waals surface area contributed by atoms with E-state index in [1.165, 1.54) is 0 Å². The summed E-state index contributed by atoms with van der Waals surface area (Å²) in [6.07, 6.45) is 2.78. The number of rotatable bonds is 7. The van der Waals surface area contributed by atoms with Crippen LogP contribution < -0.4 is 14.8 Å². The first-order chi connectivity index (χ1) is 10.2. The number of methoxy groups -OCH3 is 2. The first-order valence-electron chi connectivity index (χ1n) is 7.20. The third kappa shape index (κ3) is 3.39. The van der Waals surface area contributed by atoms with Crippen LogP contribution in [-0.4, -0.2) is 20.8 Å². The SMILES string of the molecule is CCCNC(c1cc(OC)ccc1OC)c1ccoc1C. The summed E-state index contributed by atoms with van der Waals surface area (Å²) in [4.78, 5) is 0. The molecule has 4 nitrogen and oxygen atoms in total. The van der Waals surface area contributed by atoms with Gasteiger partial charge in [-0.15, -0.1) is 0 Å². The zero-order valence-electron chi connectivity index (χ0n) is 13.1. The Bertz CT molecular complexity index is 577. The lowest BCUT2D eigenvalue weighted by molar-refractivity contribution is 0.393. The topological polar surface area (TPSA) is 43.6 Å². The van der Waals surface area contributed by atoms with E-state index in [1.54, 1.807) is 20.5 Å². The van der Waals surface area contributed by atoms with Crippen LogP contribution >= 0.6 is 0 Å². The summed E-state index contributed by atoms with van der Waals surface area (Å²) in [6.45, 7) is 5.04. The van der Waals surface area contributed by atoms with Crippen molar-refractivity contribution in [2.45, 2.75) is 26.3 Å². The van der Waals surface area contributed by atoms with Gasteiger partial charge in [0.1, 0.15) is 17.3 Å². The fourth-order valence-corrected chi connectivity index (χ4v) is 2.44. The average molecular weight is 289 g/mol. The van der Waals surface area contributed by atoms with E-state index in [2.05, 4.69) is 12.2 Å². The lowest BCUT2D eigenvalue weighted by Crippen LogP contribution is -2.24. The van der Waals surface area contributed by atoms with Gasteiger partial charge < -0.3 is 19.2 Å². The van der Waals surface area contributed by atoms with Crippen molar-refractivity contribution in [3.05, 3.63) is 47.4 Å². The first-order valence-corrected chi connectivity index (χ1v) is 7.20. The van der Waals surface area contributed by atoms with Crippen LogP contribution in [0.4, 0.5) is 0 Å². The zero-order valence-corrected chi connectivity index (χ0v) is 13.1. The van der Waals surface area contributed by atoms with E-state index in [0.29, 0.717) is 0 Å². The minimum Gasteiger partial charge on any atom is -0.497 e. The molecule has 1 heterocycles. The number of nitrogens with one attached hydrogen (secondary N) is 1. The molecule has 2 rings (SSSR count). The summed E-state index contributed by atoms with van der Waals surface area (Å²) >= 11 is 0. The molecule has 2 aromatic rings. The van der Waals surface area contributed by atoms with Crippen LogP contribution in [0.1, 0.15) is 36.3 Å². The summed E-state index contributed by atoms with van der Waals surface area (Å²) in [7, 11) is 3.35. The third-order valence-corrected chi connectivity index (χ3v) is 3.56. The zero-order chi connectivity index (χ0) is 15.2. The molecule has 21 heavy (non-hydrogen) atoms. The average Bonchev–Trinajstić information content (AvgIpc) is 2.93. The Hall–Kier alpha value is -1.94. The maximum absolute atomic E-state index is 5.52. The minimum absolute atomic E-state index is 0.0220. The van der Waals surface area contributed by atoms with Crippen molar-refractivity contribution in [3.63, 3.8) is 0 Å². The molecule has 0 fully saturated rings. The number of furan rings is 1. The van der Waals surface area contributed by atoms with Crippen molar-refractivity contribution in [3.8, 4) is 11.5 Å². The molecule has 1 aromatic heterocycles. The van der Waals surface area contributed by atoms with Crippen LogP contribution in [0.25, 0.3) is 0 Å². The Morgan fingerprint density at radius 1 is 1.14 bits per heavy atom. The molecule has 1 unspecified atom stereocenters. The van der Waals surface area contributed by atoms with Crippen LogP contribution in [0.5, 0.6) is 11.5 Å². The molecule has 1 aromatic carbocycles. The second kappa shape index (κ2) is 7.18. The molecule has 1 atom stereocenters. The molecular weight excluding hydrogens is 266 g/mol. The maximum Gasteiger partial charge on any atom is 0.124 e. The lowest BCUT2D eigenvalue weighted by atomic mass is 9.97. The predicted octanol–water partition coefficient (Wildman–Crippen LogP) is 3.69. The van der Waals surface area contributed by atoms with Gasteiger partial charge >= 0.3 is 0 Å². The molecule has 0 spiro atoms. The largest absolute Gasteiger partial charge is 0.497 e. The molecule has 0 saturated carbocycles. The van der Waals surface area contributed by atoms with E-state index in [4.69, 9.17) is 13.9 Å². The smallest absolute Gasteiger partial charge is 0.124 e. The summed E-state index contributed by atoms with van der Waals surface area (Å²) in [5, 5.41) is 3.56. The van der Waals surface area contributed by atoms with E-state index in [-0.39, 0.29) is 6.04 Å². The standard InChI is InChI=1S/C17H23NO3/c1-5-9-18-17(14-8-10-21-12(14)2)15-11-13(19-3)6-7-16(15)20-4/h6-8,10-11,17-18H,5,9H2,1-4H3. The van der Waals surface area contributed by atoms with Crippen molar-refractivity contribution in [2.24, 2.45) is 0 Å².